The van der Waals surface area contributed by atoms with Crippen molar-refractivity contribution in [2.45, 2.75) is 13.0 Å². The first-order valence-electron chi connectivity index (χ1n) is 7.62. The normalized spacial score (nSPS) is 11.5. The molecule has 0 spiro atoms. The van der Waals surface area contributed by atoms with Crippen LogP contribution in [0, 0.1) is 30.2 Å². The predicted octanol–water partition coefficient (Wildman–Crippen LogP) is 5.74. The Hall–Kier alpha value is -3.03. The summed E-state index contributed by atoms with van der Waals surface area (Å²) in [6.45, 7) is 1.81. The van der Waals surface area contributed by atoms with E-state index in [1.54, 1.807) is 19.1 Å². The highest BCUT2D eigenvalue weighted by Gasteiger charge is 2.38. The van der Waals surface area contributed by atoms with E-state index in [-0.39, 0.29) is 17.7 Å². The van der Waals surface area contributed by atoms with Crippen LogP contribution in [0.1, 0.15) is 11.1 Å². The number of pyridine rings is 1. The van der Waals surface area contributed by atoms with Gasteiger partial charge in [-0.15, -0.1) is 0 Å². The maximum Gasteiger partial charge on any atom is 0.429 e. The fraction of sp³-hybridized carbons (Fsp3) is 0.105. The lowest BCUT2D eigenvalue weighted by atomic mass is 10.1. The molecule has 0 atom stereocenters. The number of rotatable bonds is 4. The Bertz CT molecular complexity index is 965. The second-order valence-corrected chi connectivity index (χ2v) is 5.74. The molecule has 0 amide bonds. The smallest absolute Gasteiger partial charge is 0.429 e. The standard InChI is InChI=1S/C19H11F6NO/c1-10-2-5-17(26-9-10)11-3-4-13(14(20)6-11)19(24,25)27-12-7-15(21)18(23)16(22)8-12/h2-9H,1H3. The van der Waals surface area contributed by atoms with E-state index in [1.165, 1.54) is 12.3 Å². The fourth-order valence-electron chi connectivity index (χ4n) is 2.34. The molecule has 0 radical (unpaired) electrons. The van der Waals surface area contributed by atoms with E-state index in [0.29, 0.717) is 5.69 Å². The molecule has 0 N–H and O–H groups in total. The number of alkyl halides is 2. The van der Waals surface area contributed by atoms with Gasteiger partial charge in [0.25, 0.3) is 0 Å². The minimum atomic E-state index is -4.25. The van der Waals surface area contributed by atoms with Crippen LogP contribution >= 0.6 is 0 Å². The summed E-state index contributed by atoms with van der Waals surface area (Å²) in [6.07, 6.45) is -2.71. The van der Waals surface area contributed by atoms with Crippen LogP contribution in [-0.4, -0.2) is 4.98 Å². The van der Waals surface area contributed by atoms with Crippen molar-refractivity contribution >= 4 is 0 Å². The Kier molecular flexibility index (Phi) is 4.82. The van der Waals surface area contributed by atoms with Crippen LogP contribution in [-0.2, 0) is 6.11 Å². The lowest BCUT2D eigenvalue weighted by molar-refractivity contribution is -0.187. The van der Waals surface area contributed by atoms with E-state index < -0.39 is 40.7 Å². The minimum Gasteiger partial charge on any atom is -0.429 e. The molecule has 2 aromatic carbocycles. The number of benzene rings is 2. The van der Waals surface area contributed by atoms with Crippen molar-refractivity contribution in [2.75, 3.05) is 0 Å². The molecular formula is C19H11F6NO. The number of nitrogens with zero attached hydrogens (tertiary/aromatic N) is 1. The van der Waals surface area contributed by atoms with E-state index in [2.05, 4.69) is 9.72 Å². The molecule has 2 nitrogen and oxygen atoms in total. The van der Waals surface area contributed by atoms with Gasteiger partial charge >= 0.3 is 6.11 Å². The first-order chi connectivity index (χ1) is 12.7. The van der Waals surface area contributed by atoms with Gasteiger partial charge in [-0.05, 0) is 30.7 Å². The SMILES string of the molecule is Cc1ccc(-c2ccc(C(F)(F)Oc3cc(F)c(F)c(F)c3)c(F)c2)nc1. The van der Waals surface area contributed by atoms with Gasteiger partial charge in [0.2, 0.25) is 0 Å². The predicted molar refractivity (Wildman–Crippen MR) is 85.2 cm³/mol. The number of hydrogen-bond acceptors (Lipinski definition) is 2. The summed E-state index contributed by atoms with van der Waals surface area (Å²) in [5, 5.41) is 0. The van der Waals surface area contributed by atoms with Crippen molar-refractivity contribution in [1.82, 2.24) is 4.98 Å². The van der Waals surface area contributed by atoms with Gasteiger partial charge in [0.05, 0.1) is 11.3 Å². The quantitative estimate of drug-likeness (QED) is 0.423. The first-order valence-corrected chi connectivity index (χ1v) is 7.62. The highest BCUT2D eigenvalue weighted by atomic mass is 19.3. The second kappa shape index (κ2) is 6.94. The lowest BCUT2D eigenvalue weighted by Crippen LogP contribution is -2.23. The highest BCUT2D eigenvalue weighted by molar-refractivity contribution is 5.60. The van der Waals surface area contributed by atoms with E-state index in [1.807, 2.05) is 0 Å². The minimum absolute atomic E-state index is 0.245. The van der Waals surface area contributed by atoms with Crippen molar-refractivity contribution in [3.8, 4) is 17.0 Å². The van der Waals surface area contributed by atoms with Gasteiger partial charge in [-0.1, -0.05) is 12.1 Å². The Balaban J connectivity index is 1.91. The summed E-state index contributed by atoms with van der Waals surface area (Å²) in [5.74, 6) is -7.53. The number of halogens is 6. The molecule has 0 saturated heterocycles. The third-order valence-electron chi connectivity index (χ3n) is 3.69. The largest absolute Gasteiger partial charge is 0.429 e. The molecule has 3 rings (SSSR count). The van der Waals surface area contributed by atoms with Crippen molar-refractivity contribution in [3.63, 3.8) is 0 Å². The number of aromatic nitrogens is 1. The summed E-state index contributed by atoms with van der Waals surface area (Å²) in [5.41, 5.74) is 0.349. The summed E-state index contributed by atoms with van der Waals surface area (Å²) < 4.78 is 86.1. The van der Waals surface area contributed by atoms with Crippen LogP contribution in [0.3, 0.4) is 0 Å². The molecule has 0 unspecified atom stereocenters. The van der Waals surface area contributed by atoms with Crippen molar-refractivity contribution in [1.29, 1.82) is 0 Å². The molecule has 0 aliphatic carbocycles. The van der Waals surface area contributed by atoms with Crippen LogP contribution < -0.4 is 4.74 Å². The molecule has 140 valence electrons. The summed E-state index contributed by atoms with van der Waals surface area (Å²) in [6, 6.07) is 6.65. The topological polar surface area (TPSA) is 22.1 Å². The number of hydrogen-bond donors (Lipinski definition) is 0. The van der Waals surface area contributed by atoms with Gasteiger partial charge in [0.1, 0.15) is 11.6 Å². The zero-order valence-electron chi connectivity index (χ0n) is 13.7. The van der Waals surface area contributed by atoms with Crippen LogP contribution in [0.5, 0.6) is 5.75 Å². The van der Waals surface area contributed by atoms with Gasteiger partial charge in [-0.3, -0.25) is 4.98 Å². The van der Waals surface area contributed by atoms with Crippen LogP contribution in [0.15, 0.2) is 48.7 Å². The third-order valence-corrected chi connectivity index (χ3v) is 3.69. The summed E-state index contributed by atoms with van der Waals surface area (Å²) >= 11 is 0. The fourth-order valence-corrected chi connectivity index (χ4v) is 2.34. The molecule has 1 aromatic heterocycles. The van der Waals surface area contributed by atoms with Crippen molar-refractivity contribution < 1.29 is 31.1 Å². The monoisotopic (exact) mass is 383 g/mol. The Morgan fingerprint density at radius 1 is 0.852 bits per heavy atom. The first kappa shape index (κ1) is 18.8. The number of ether oxygens (including phenoxy) is 1. The van der Waals surface area contributed by atoms with Crippen LogP contribution in [0.25, 0.3) is 11.3 Å². The Morgan fingerprint density at radius 2 is 1.52 bits per heavy atom. The molecule has 0 bridgehead atoms. The highest BCUT2D eigenvalue weighted by Crippen LogP contribution is 2.35. The molecule has 8 heteroatoms. The average molecular weight is 383 g/mol. The van der Waals surface area contributed by atoms with Gasteiger partial charge in [-0.25, -0.2) is 17.6 Å². The average Bonchev–Trinajstić information content (AvgIpc) is 2.59. The zero-order valence-corrected chi connectivity index (χ0v) is 13.7. The van der Waals surface area contributed by atoms with Crippen LogP contribution in [0.2, 0.25) is 0 Å². The van der Waals surface area contributed by atoms with E-state index in [9.17, 15) is 26.3 Å². The summed E-state index contributed by atoms with van der Waals surface area (Å²) in [4.78, 5) is 4.07. The van der Waals surface area contributed by atoms with Gasteiger partial charge < -0.3 is 4.74 Å². The van der Waals surface area contributed by atoms with E-state index >= 15 is 0 Å². The van der Waals surface area contributed by atoms with Crippen molar-refractivity contribution in [2.24, 2.45) is 0 Å². The maximum atomic E-state index is 14.2. The molecule has 1 heterocycles. The molecule has 0 fully saturated rings. The maximum absolute atomic E-state index is 14.2. The number of aryl methyl sites for hydroxylation is 1. The summed E-state index contributed by atoms with van der Waals surface area (Å²) in [7, 11) is 0. The van der Waals surface area contributed by atoms with Crippen molar-refractivity contribution in [3.05, 3.63) is 83.1 Å². The van der Waals surface area contributed by atoms with Gasteiger partial charge in [0.15, 0.2) is 17.5 Å². The van der Waals surface area contributed by atoms with E-state index in [0.717, 1.165) is 17.7 Å². The Morgan fingerprint density at radius 3 is 2.07 bits per heavy atom. The van der Waals surface area contributed by atoms with E-state index in [4.69, 9.17) is 0 Å². The molecule has 0 aliphatic heterocycles. The van der Waals surface area contributed by atoms with Gasteiger partial charge in [0, 0.05) is 23.9 Å². The third kappa shape index (κ3) is 3.89. The molecule has 0 aliphatic rings. The molecular weight excluding hydrogens is 372 g/mol. The molecule has 3 aromatic rings. The Labute approximate surface area is 150 Å². The lowest BCUT2D eigenvalue weighted by Gasteiger charge is -2.19. The molecule has 27 heavy (non-hydrogen) atoms. The van der Waals surface area contributed by atoms with Gasteiger partial charge in [-0.2, -0.15) is 8.78 Å². The second-order valence-electron chi connectivity index (χ2n) is 5.74. The zero-order chi connectivity index (χ0) is 19.8. The molecule has 0 saturated carbocycles. The van der Waals surface area contributed by atoms with Crippen LogP contribution in [0.4, 0.5) is 26.3 Å².